The zero-order valence-corrected chi connectivity index (χ0v) is 19.0. The molecule has 0 saturated heterocycles. The van der Waals surface area contributed by atoms with E-state index in [4.69, 9.17) is 0 Å². The fourth-order valence-corrected chi connectivity index (χ4v) is 4.43. The van der Waals surface area contributed by atoms with Gasteiger partial charge < -0.3 is 10.2 Å². The van der Waals surface area contributed by atoms with E-state index in [1.165, 1.54) is 5.56 Å². The first-order chi connectivity index (χ1) is 16.1. The Labute approximate surface area is 196 Å². The SMILES string of the molecule is CCN(Cc1ccccc1)C[C@H](O)C(O)(c1ccccc1)c1ccccc1-c1ccccc1. The molecule has 0 spiro atoms. The number of rotatable bonds is 9. The largest absolute Gasteiger partial charge is 0.388 e. The van der Waals surface area contributed by atoms with Crippen LogP contribution in [0.25, 0.3) is 11.1 Å². The third-order valence-electron chi connectivity index (χ3n) is 6.25. The van der Waals surface area contributed by atoms with Gasteiger partial charge in [-0.25, -0.2) is 0 Å². The van der Waals surface area contributed by atoms with Crippen molar-refractivity contribution in [3.05, 3.63) is 132 Å². The molecule has 0 bridgehead atoms. The van der Waals surface area contributed by atoms with E-state index >= 15 is 0 Å². The number of hydrogen-bond donors (Lipinski definition) is 2. The van der Waals surface area contributed by atoms with Crippen LogP contribution in [0.15, 0.2) is 115 Å². The van der Waals surface area contributed by atoms with Crippen molar-refractivity contribution in [1.29, 1.82) is 0 Å². The fourth-order valence-electron chi connectivity index (χ4n) is 4.43. The van der Waals surface area contributed by atoms with Gasteiger partial charge in [0.25, 0.3) is 0 Å². The lowest BCUT2D eigenvalue weighted by Crippen LogP contribution is -2.47. The summed E-state index contributed by atoms with van der Waals surface area (Å²) in [5.41, 5.74) is 2.90. The first kappa shape index (κ1) is 22.9. The normalized spacial score (nSPS) is 14.1. The van der Waals surface area contributed by atoms with Gasteiger partial charge in [0.15, 0.2) is 0 Å². The zero-order chi connectivity index (χ0) is 23.1. The van der Waals surface area contributed by atoms with Crippen molar-refractivity contribution in [2.45, 2.75) is 25.2 Å². The molecule has 2 atom stereocenters. The van der Waals surface area contributed by atoms with Crippen LogP contribution in [0.1, 0.15) is 23.6 Å². The second kappa shape index (κ2) is 10.6. The molecule has 168 valence electrons. The predicted octanol–water partition coefficient (Wildman–Crippen LogP) is 5.47. The summed E-state index contributed by atoms with van der Waals surface area (Å²) in [6, 6.07) is 37.6. The summed E-state index contributed by atoms with van der Waals surface area (Å²) in [5, 5.41) is 23.9. The lowest BCUT2D eigenvalue weighted by molar-refractivity contribution is -0.0638. The van der Waals surface area contributed by atoms with Crippen LogP contribution >= 0.6 is 0 Å². The molecule has 4 aromatic carbocycles. The van der Waals surface area contributed by atoms with Crippen molar-refractivity contribution < 1.29 is 10.2 Å². The molecule has 0 radical (unpaired) electrons. The molecule has 0 heterocycles. The Kier molecular flexibility index (Phi) is 7.36. The number of likely N-dealkylation sites (N-methyl/N-ethyl adjacent to an activating group) is 1. The molecule has 4 aromatic rings. The van der Waals surface area contributed by atoms with Crippen LogP contribution in [-0.2, 0) is 12.1 Å². The van der Waals surface area contributed by atoms with Crippen molar-refractivity contribution >= 4 is 0 Å². The van der Waals surface area contributed by atoms with Gasteiger partial charge >= 0.3 is 0 Å². The number of hydrogen-bond acceptors (Lipinski definition) is 3. The van der Waals surface area contributed by atoms with Gasteiger partial charge in [-0.2, -0.15) is 0 Å². The van der Waals surface area contributed by atoms with Gasteiger partial charge in [0.1, 0.15) is 11.7 Å². The summed E-state index contributed by atoms with van der Waals surface area (Å²) >= 11 is 0. The zero-order valence-electron chi connectivity index (χ0n) is 19.0. The number of aliphatic hydroxyl groups excluding tert-OH is 1. The van der Waals surface area contributed by atoms with E-state index < -0.39 is 11.7 Å². The van der Waals surface area contributed by atoms with E-state index in [0.717, 1.165) is 17.7 Å². The van der Waals surface area contributed by atoms with Gasteiger partial charge in [-0.05, 0) is 34.4 Å². The third-order valence-corrected chi connectivity index (χ3v) is 6.25. The predicted molar refractivity (Wildman–Crippen MR) is 135 cm³/mol. The fraction of sp³-hybridized carbons (Fsp3) is 0.200. The Hall–Kier alpha value is -3.24. The molecule has 1 unspecified atom stereocenters. The summed E-state index contributed by atoms with van der Waals surface area (Å²) < 4.78 is 0. The van der Waals surface area contributed by atoms with Crippen molar-refractivity contribution in [1.82, 2.24) is 4.90 Å². The molecule has 2 N–H and O–H groups in total. The minimum Gasteiger partial charge on any atom is -0.388 e. The van der Waals surface area contributed by atoms with Gasteiger partial charge in [0, 0.05) is 13.1 Å². The number of benzene rings is 4. The van der Waals surface area contributed by atoms with Gasteiger partial charge in [-0.3, -0.25) is 4.90 Å². The van der Waals surface area contributed by atoms with Crippen LogP contribution in [0, 0.1) is 0 Å². The molecule has 0 aliphatic heterocycles. The van der Waals surface area contributed by atoms with E-state index in [-0.39, 0.29) is 0 Å². The van der Waals surface area contributed by atoms with Gasteiger partial charge in [-0.1, -0.05) is 122 Å². The molecule has 0 aliphatic carbocycles. The quantitative estimate of drug-likeness (QED) is 0.365. The Balaban J connectivity index is 1.75. The minimum absolute atomic E-state index is 0.333. The van der Waals surface area contributed by atoms with Crippen molar-refractivity contribution in [2.75, 3.05) is 13.1 Å². The number of nitrogens with zero attached hydrogens (tertiary/aromatic N) is 1. The summed E-state index contributed by atoms with van der Waals surface area (Å²) in [4.78, 5) is 2.17. The highest BCUT2D eigenvalue weighted by Gasteiger charge is 2.41. The van der Waals surface area contributed by atoms with Crippen LogP contribution in [0.5, 0.6) is 0 Å². The number of aliphatic hydroxyl groups is 2. The van der Waals surface area contributed by atoms with Gasteiger partial charge in [-0.15, -0.1) is 0 Å². The molecule has 0 fully saturated rings. The molecule has 3 nitrogen and oxygen atoms in total. The maximum atomic E-state index is 12.3. The second-order valence-electron chi connectivity index (χ2n) is 8.37. The Morgan fingerprint density at radius 2 is 1.27 bits per heavy atom. The van der Waals surface area contributed by atoms with Crippen LogP contribution in [0.2, 0.25) is 0 Å². The molecule has 0 amide bonds. The lowest BCUT2D eigenvalue weighted by Gasteiger charge is -2.38. The Morgan fingerprint density at radius 1 is 0.727 bits per heavy atom. The van der Waals surface area contributed by atoms with Crippen LogP contribution in [0.4, 0.5) is 0 Å². The standard InChI is InChI=1S/C30H31NO2/c1-2-31(22-24-14-6-3-7-15-24)23-29(32)30(33,26-18-10-5-11-19-26)28-21-13-12-20-27(28)25-16-8-4-9-17-25/h3-21,29,32-33H,2,22-23H2,1H3/t29-,30?/m0/s1. The van der Waals surface area contributed by atoms with Crippen molar-refractivity contribution in [2.24, 2.45) is 0 Å². The van der Waals surface area contributed by atoms with Crippen LogP contribution in [0.3, 0.4) is 0 Å². The van der Waals surface area contributed by atoms with E-state index in [0.29, 0.717) is 24.2 Å². The molecule has 0 saturated carbocycles. The molecule has 4 rings (SSSR count). The summed E-state index contributed by atoms with van der Waals surface area (Å²) in [5.74, 6) is 0. The maximum absolute atomic E-state index is 12.3. The molecular formula is C30H31NO2. The van der Waals surface area contributed by atoms with Gasteiger partial charge in [0.05, 0.1) is 0 Å². The van der Waals surface area contributed by atoms with E-state index in [2.05, 4.69) is 24.0 Å². The highest BCUT2D eigenvalue weighted by atomic mass is 16.3. The average molecular weight is 438 g/mol. The highest BCUT2D eigenvalue weighted by Crippen LogP contribution is 2.39. The monoisotopic (exact) mass is 437 g/mol. The van der Waals surface area contributed by atoms with E-state index in [1.807, 2.05) is 103 Å². The summed E-state index contributed by atoms with van der Waals surface area (Å²) in [6.07, 6.45) is -1.03. The van der Waals surface area contributed by atoms with Crippen LogP contribution in [-0.4, -0.2) is 34.3 Å². The van der Waals surface area contributed by atoms with Crippen molar-refractivity contribution in [3.8, 4) is 11.1 Å². The summed E-state index contributed by atoms with van der Waals surface area (Å²) in [7, 11) is 0. The second-order valence-corrected chi connectivity index (χ2v) is 8.37. The maximum Gasteiger partial charge on any atom is 0.142 e. The molecular weight excluding hydrogens is 406 g/mol. The molecule has 33 heavy (non-hydrogen) atoms. The highest BCUT2D eigenvalue weighted by molar-refractivity contribution is 5.69. The average Bonchev–Trinajstić information content (AvgIpc) is 2.89. The topological polar surface area (TPSA) is 43.7 Å². The smallest absolute Gasteiger partial charge is 0.142 e. The Bertz CT molecular complexity index is 1130. The summed E-state index contributed by atoms with van der Waals surface area (Å²) in [6.45, 7) is 3.88. The van der Waals surface area contributed by atoms with Crippen LogP contribution < -0.4 is 0 Å². The first-order valence-electron chi connectivity index (χ1n) is 11.5. The van der Waals surface area contributed by atoms with E-state index in [1.54, 1.807) is 0 Å². The van der Waals surface area contributed by atoms with Crippen molar-refractivity contribution in [3.63, 3.8) is 0 Å². The molecule has 3 heteroatoms. The minimum atomic E-state index is -1.57. The molecule has 0 aromatic heterocycles. The Morgan fingerprint density at radius 3 is 1.91 bits per heavy atom. The molecule has 0 aliphatic rings. The third kappa shape index (κ3) is 5.07. The van der Waals surface area contributed by atoms with Gasteiger partial charge in [0.2, 0.25) is 0 Å². The first-order valence-corrected chi connectivity index (χ1v) is 11.5. The van der Waals surface area contributed by atoms with E-state index in [9.17, 15) is 10.2 Å². The lowest BCUT2D eigenvalue weighted by atomic mass is 9.78.